The quantitative estimate of drug-likeness (QED) is 0.600. The largest absolute Gasteiger partial charge is 0.325 e. The number of hydrogen-bond acceptors (Lipinski definition) is 3. The van der Waals surface area contributed by atoms with E-state index >= 15 is 0 Å². The van der Waals surface area contributed by atoms with Crippen LogP contribution in [0.1, 0.15) is 36.8 Å². The highest BCUT2D eigenvalue weighted by atomic mass is 16.1. The van der Waals surface area contributed by atoms with Crippen molar-refractivity contribution in [2.75, 3.05) is 0 Å². The van der Waals surface area contributed by atoms with Crippen LogP contribution in [0.25, 0.3) is 11.0 Å². The van der Waals surface area contributed by atoms with Gasteiger partial charge in [0.25, 0.3) is 0 Å². The molecule has 0 spiro atoms. The van der Waals surface area contributed by atoms with Crippen LogP contribution in [0.15, 0.2) is 24.3 Å². The molecule has 0 radical (unpaired) electrons. The third-order valence-electron chi connectivity index (χ3n) is 2.92. The Morgan fingerprint density at radius 2 is 2.00 bits per heavy atom. The Labute approximate surface area is 106 Å². The van der Waals surface area contributed by atoms with Gasteiger partial charge < -0.3 is 4.57 Å². The van der Waals surface area contributed by atoms with Gasteiger partial charge in [0.1, 0.15) is 5.78 Å². The molecule has 0 saturated heterocycles. The van der Waals surface area contributed by atoms with Gasteiger partial charge in [0.05, 0.1) is 17.5 Å². The molecule has 0 unspecified atom stereocenters. The minimum Gasteiger partial charge on any atom is -0.325 e. The highest BCUT2D eigenvalue weighted by Gasteiger charge is 2.17. The van der Waals surface area contributed by atoms with Gasteiger partial charge in [-0.3, -0.25) is 9.59 Å². The molecule has 4 nitrogen and oxygen atoms in total. The van der Waals surface area contributed by atoms with Crippen molar-refractivity contribution in [2.24, 2.45) is 7.05 Å². The Morgan fingerprint density at radius 1 is 1.28 bits per heavy atom. The summed E-state index contributed by atoms with van der Waals surface area (Å²) in [4.78, 5) is 27.8. The summed E-state index contributed by atoms with van der Waals surface area (Å²) in [6.45, 7) is 1.93. The molecule has 0 aliphatic rings. The standard InChI is InChI=1S/C14H16N2O2/c1-3-6-10(17)9-13(18)14-15-11-7-4-5-8-12(11)16(14)2/h4-5,7-8H,3,6,9H2,1-2H3. The van der Waals surface area contributed by atoms with Crippen molar-refractivity contribution in [3.05, 3.63) is 30.1 Å². The first-order valence-corrected chi connectivity index (χ1v) is 6.10. The van der Waals surface area contributed by atoms with Crippen LogP contribution >= 0.6 is 0 Å². The average molecular weight is 244 g/mol. The van der Waals surface area contributed by atoms with Crippen LogP contribution in [-0.4, -0.2) is 21.1 Å². The number of carbonyl (C=O) groups excluding carboxylic acids is 2. The minimum atomic E-state index is -0.202. The Kier molecular flexibility index (Phi) is 3.55. The topological polar surface area (TPSA) is 52.0 Å². The first-order valence-electron chi connectivity index (χ1n) is 6.10. The summed E-state index contributed by atoms with van der Waals surface area (Å²) in [5.41, 5.74) is 1.69. The van der Waals surface area contributed by atoms with Crippen LogP contribution in [0.4, 0.5) is 0 Å². The summed E-state index contributed by atoms with van der Waals surface area (Å²) in [6, 6.07) is 7.55. The normalized spacial score (nSPS) is 10.8. The smallest absolute Gasteiger partial charge is 0.205 e. The fourth-order valence-corrected chi connectivity index (χ4v) is 2.02. The van der Waals surface area contributed by atoms with E-state index in [0.29, 0.717) is 12.2 Å². The van der Waals surface area contributed by atoms with E-state index in [9.17, 15) is 9.59 Å². The molecule has 1 aromatic heterocycles. The third-order valence-corrected chi connectivity index (χ3v) is 2.92. The maximum Gasteiger partial charge on any atom is 0.205 e. The van der Waals surface area contributed by atoms with E-state index in [2.05, 4.69) is 4.98 Å². The van der Waals surface area contributed by atoms with E-state index in [4.69, 9.17) is 0 Å². The molecular formula is C14H16N2O2. The number of rotatable bonds is 5. The highest BCUT2D eigenvalue weighted by Crippen LogP contribution is 2.15. The lowest BCUT2D eigenvalue weighted by Gasteiger charge is -2.00. The van der Waals surface area contributed by atoms with Gasteiger partial charge >= 0.3 is 0 Å². The number of para-hydroxylation sites is 2. The number of ketones is 2. The number of aromatic nitrogens is 2. The van der Waals surface area contributed by atoms with Crippen LogP contribution in [-0.2, 0) is 11.8 Å². The molecule has 18 heavy (non-hydrogen) atoms. The summed E-state index contributed by atoms with van der Waals surface area (Å²) < 4.78 is 1.75. The van der Waals surface area contributed by atoms with Gasteiger partial charge in [-0.2, -0.15) is 0 Å². The Morgan fingerprint density at radius 3 is 2.67 bits per heavy atom. The maximum atomic E-state index is 12.0. The van der Waals surface area contributed by atoms with Crippen molar-refractivity contribution in [3.8, 4) is 0 Å². The monoisotopic (exact) mass is 244 g/mol. The molecule has 0 aliphatic carbocycles. The van der Waals surface area contributed by atoms with E-state index in [1.165, 1.54) is 0 Å². The van der Waals surface area contributed by atoms with Gasteiger partial charge in [-0.1, -0.05) is 19.1 Å². The zero-order valence-corrected chi connectivity index (χ0v) is 10.6. The zero-order valence-electron chi connectivity index (χ0n) is 10.6. The van der Waals surface area contributed by atoms with Gasteiger partial charge in [-0.15, -0.1) is 0 Å². The molecule has 0 aliphatic heterocycles. The van der Waals surface area contributed by atoms with Crippen LogP contribution in [0.3, 0.4) is 0 Å². The Balaban J connectivity index is 2.28. The lowest BCUT2D eigenvalue weighted by Crippen LogP contribution is -2.12. The molecule has 2 aromatic rings. The van der Waals surface area contributed by atoms with E-state index in [-0.39, 0.29) is 18.0 Å². The molecule has 2 rings (SSSR count). The lowest BCUT2D eigenvalue weighted by atomic mass is 10.1. The first-order chi connectivity index (χ1) is 8.63. The Hall–Kier alpha value is -1.97. The predicted molar refractivity (Wildman–Crippen MR) is 69.6 cm³/mol. The fraction of sp³-hybridized carbons (Fsp3) is 0.357. The second-order valence-corrected chi connectivity index (χ2v) is 4.37. The van der Waals surface area contributed by atoms with Crippen LogP contribution in [0, 0.1) is 0 Å². The highest BCUT2D eigenvalue weighted by molar-refractivity contribution is 6.07. The number of carbonyl (C=O) groups is 2. The van der Waals surface area contributed by atoms with Gasteiger partial charge in [0.15, 0.2) is 5.82 Å². The molecule has 94 valence electrons. The second-order valence-electron chi connectivity index (χ2n) is 4.37. The average Bonchev–Trinajstić information content (AvgIpc) is 2.68. The summed E-state index contributed by atoms with van der Waals surface area (Å²) in [7, 11) is 1.80. The third kappa shape index (κ3) is 2.32. The number of nitrogens with zero attached hydrogens (tertiary/aromatic N) is 2. The number of aryl methyl sites for hydroxylation is 1. The van der Waals surface area contributed by atoms with Crippen molar-refractivity contribution < 1.29 is 9.59 Å². The molecule has 4 heteroatoms. The van der Waals surface area contributed by atoms with Crippen molar-refractivity contribution in [3.63, 3.8) is 0 Å². The molecule has 0 N–H and O–H groups in total. The summed E-state index contributed by atoms with van der Waals surface area (Å²) in [5, 5.41) is 0. The van der Waals surface area contributed by atoms with Gasteiger partial charge in [0.2, 0.25) is 5.78 Å². The molecule has 0 fully saturated rings. The van der Waals surface area contributed by atoms with Gasteiger partial charge in [0, 0.05) is 13.5 Å². The summed E-state index contributed by atoms with van der Waals surface area (Å²) in [6.07, 6.45) is 1.18. The van der Waals surface area contributed by atoms with Gasteiger partial charge in [-0.05, 0) is 18.6 Å². The number of imidazole rings is 1. The van der Waals surface area contributed by atoms with E-state index in [1.807, 2.05) is 31.2 Å². The van der Waals surface area contributed by atoms with E-state index in [1.54, 1.807) is 11.6 Å². The fourth-order valence-electron chi connectivity index (χ4n) is 2.02. The molecule has 0 bridgehead atoms. The second kappa shape index (κ2) is 5.12. The molecule has 1 heterocycles. The molecule has 0 amide bonds. The van der Waals surface area contributed by atoms with Crippen molar-refractivity contribution in [1.82, 2.24) is 9.55 Å². The first kappa shape index (κ1) is 12.5. The molecular weight excluding hydrogens is 228 g/mol. The van der Waals surface area contributed by atoms with Crippen LogP contribution < -0.4 is 0 Å². The lowest BCUT2D eigenvalue weighted by molar-refractivity contribution is -0.118. The van der Waals surface area contributed by atoms with E-state index < -0.39 is 0 Å². The summed E-state index contributed by atoms with van der Waals surface area (Å²) >= 11 is 0. The van der Waals surface area contributed by atoms with Crippen molar-refractivity contribution in [1.29, 1.82) is 0 Å². The number of fused-ring (bicyclic) bond motifs is 1. The molecule has 0 saturated carbocycles. The minimum absolute atomic E-state index is 0.0189. The molecule has 1 aromatic carbocycles. The zero-order chi connectivity index (χ0) is 13.1. The Bertz CT molecular complexity index is 599. The summed E-state index contributed by atoms with van der Waals surface area (Å²) in [5.74, 6) is 0.141. The van der Waals surface area contributed by atoms with E-state index in [0.717, 1.165) is 17.5 Å². The SMILES string of the molecule is CCCC(=O)CC(=O)c1nc2ccccc2n1C. The molecule has 0 atom stereocenters. The van der Waals surface area contributed by atoms with Crippen LogP contribution in [0.2, 0.25) is 0 Å². The number of benzene rings is 1. The maximum absolute atomic E-state index is 12.0. The number of Topliss-reactive ketones (excluding diaryl/α,β-unsaturated/α-hetero) is 2. The van der Waals surface area contributed by atoms with Crippen LogP contribution in [0.5, 0.6) is 0 Å². The van der Waals surface area contributed by atoms with Crippen molar-refractivity contribution in [2.45, 2.75) is 26.2 Å². The van der Waals surface area contributed by atoms with Crippen molar-refractivity contribution >= 4 is 22.6 Å². The predicted octanol–water partition coefficient (Wildman–Crippen LogP) is 2.52. The number of hydrogen-bond donors (Lipinski definition) is 0. The van der Waals surface area contributed by atoms with Gasteiger partial charge in [-0.25, -0.2) is 4.98 Å².